The number of hydrogen-bond donors (Lipinski definition) is 0. The first-order valence-corrected chi connectivity index (χ1v) is 46.0. The summed E-state index contributed by atoms with van der Waals surface area (Å²) in [6.07, 6.45) is 5.81. The number of fused-ring (bicyclic) bond motifs is 19. The highest BCUT2D eigenvalue weighted by Gasteiger charge is 2.26. The predicted molar refractivity (Wildman–Crippen MR) is 562 cm³/mol. The van der Waals surface area contributed by atoms with Gasteiger partial charge in [0, 0.05) is 139 Å². The molecule has 0 saturated carbocycles. The molecular weight excluding hydrogens is 1660 g/mol. The van der Waals surface area contributed by atoms with Crippen LogP contribution >= 0.6 is 0 Å². The second-order valence-corrected chi connectivity index (χ2v) is 34.4. The van der Waals surface area contributed by atoms with Gasteiger partial charge >= 0.3 is 0 Å². The fraction of sp³-hybridized carbons (Fsp3) is 0. The molecule has 0 aliphatic rings. The molecule has 0 aliphatic carbocycles. The van der Waals surface area contributed by atoms with Gasteiger partial charge in [-0.1, -0.05) is 315 Å². The van der Waals surface area contributed by atoms with E-state index in [1.54, 1.807) is 0 Å². The van der Waals surface area contributed by atoms with Crippen molar-refractivity contribution in [3.63, 3.8) is 0 Å². The van der Waals surface area contributed by atoms with E-state index in [0.717, 1.165) is 117 Å². The maximum Gasteiger partial charge on any atom is 0.238 e. The Bertz CT molecular complexity index is 9470. The van der Waals surface area contributed by atoms with Gasteiger partial charge in [0.05, 0.1) is 83.3 Å². The minimum absolute atomic E-state index is 0.572. The van der Waals surface area contributed by atoms with Crippen LogP contribution in [0.1, 0.15) is 0 Å². The zero-order chi connectivity index (χ0) is 89.7. The lowest BCUT2D eigenvalue weighted by Crippen LogP contribution is -2.06. The zero-order valence-electron chi connectivity index (χ0n) is 73.6. The van der Waals surface area contributed by atoms with Gasteiger partial charge in [-0.05, 0) is 174 Å². The molecule has 0 bridgehead atoms. The second kappa shape index (κ2) is 32.8. The van der Waals surface area contributed by atoms with Crippen LogP contribution in [0.15, 0.2) is 486 Å². The monoisotopic (exact) mass is 1740 g/mol. The van der Waals surface area contributed by atoms with E-state index in [-0.39, 0.29) is 0 Å². The Kier molecular flexibility index (Phi) is 19.0. The van der Waals surface area contributed by atoms with Gasteiger partial charge in [0.2, 0.25) is 5.95 Å². The van der Waals surface area contributed by atoms with Crippen molar-refractivity contribution in [2.75, 3.05) is 0 Å². The first kappa shape index (κ1) is 78.5. The van der Waals surface area contributed by atoms with Crippen LogP contribution in [0.25, 0.3) is 244 Å². The number of hydrogen-bond acceptors (Lipinski definition) is 6. The van der Waals surface area contributed by atoms with Crippen molar-refractivity contribution in [3.05, 3.63) is 486 Å². The molecule has 18 aromatic carbocycles. The molecule has 0 aliphatic heterocycles. The Balaban J connectivity index is 0.000000106. The number of rotatable bonds is 12. The maximum atomic E-state index is 5.08. The van der Waals surface area contributed by atoms with Crippen molar-refractivity contribution in [3.8, 4) is 102 Å². The van der Waals surface area contributed by atoms with Crippen molar-refractivity contribution in [2.24, 2.45) is 0 Å². The molecule has 0 amide bonds. The van der Waals surface area contributed by atoms with Gasteiger partial charge < -0.3 is 22.8 Å². The van der Waals surface area contributed by atoms with Crippen molar-refractivity contribution < 1.29 is 0 Å². The smallest absolute Gasteiger partial charge is 0.238 e. The van der Waals surface area contributed by atoms with Gasteiger partial charge in [-0.2, -0.15) is 9.97 Å². The molecule has 28 rings (SSSR count). The van der Waals surface area contributed by atoms with Crippen molar-refractivity contribution in [2.45, 2.75) is 0 Å². The summed E-state index contributed by atoms with van der Waals surface area (Å²) in [6.45, 7) is 0. The van der Waals surface area contributed by atoms with Crippen LogP contribution in [0.5, 0.6) is 0 Å². The summed E-state index contributed by atoms with van der Waals surface area (Å²) in [5.41, 5.74) is 30.0. The standard InChI is InChI=1S/C44H28N6.C41H27N3.C39H25N3/c1-4-14-29(15-5-1)42-46-43(30-16-6-2-7-17-30)48-44(47-42)50-36-22-12-10-20-33(36)35-28-31(24-25-38(35)50)41-40-34-21-11-13-23-37(34)49(39(40)26-27-45-41)32-18-8-3-9-19-32;1-3-11-28(12-4-1)29-19-22-32(23-20-29)43-36-17-9-7-15-33(36)35-27-30(21-24-38(35)43)41-40-34-16-8-10-18-37(34)44(39(40)25-26-42-41)31-13-5-2-6-14-31;1-2-12-29(13-3-1)41-35-17-9-7-15-32(35)38-37(41)22-23-40-39(38)28-19-21-36-33(25-28)31-14-6-8-16-34(31)42(36)30-20-18-26-10-4-5-11-27(26)24-30/h1-28H;1-27H;1-25H. The average Bonchev–Trinajstić information content (AvgIpc) is 1.58. The normalized spacial score (nSPS) is 11.7. The van der Waals surface area contributed by atoms with E-state index >= 15 is 0 Å². The van der Waals surface area contributed by atoms with E-state index in [4.69, 9.17) is 29.9 Å². The van der Waals surface area contributed by atoms with Gasteiger partial charge in [-0.15, -0.1) is 0 Å². The second-order valence-electron chi connectivity index (χ2n) is 34.4. The van der Waals surface area contributed by atoms with Gasteiger partial charge in [0.15, 0.2) is 11.6 Å². The van der Waals surface area contributed by atoms with E-state index in [1.165, 1.54) is 109 Å². The molecule has 136 heavy (non-hydrogen) atoms. The average molecular weight is 1740 g/mol. The summed E-state index contributed by atoms with van der Waals surface area (Å²) in [6, 6.07) is 165. The topological polar surface area (TPSA) is 107 Å². The molecule has 0 spiro atoms. The van der Waals surface area contributed by atoms with Crippen LogP contribution in [-0.4, -0.2) is 57.3 Å². The van der Waals surface area contributed by atoms with E-state index in [2.05, 4.69) is 434 Å². The number of nitrogens with zero attached hydrogens (tertiary/aromatic N) is 12. The number of pyridine rings is 3. The molecule has 12 nitrogen and oxygen atoms in total. The van der Waals surface area contributed by atoms with Gasteiger partial charge in [-0.25, -0.2) is 4.98 Å². The molecule has 10 aromatic heterocycles. The third-order valence-corrected chi connectivity index (χ3v) is 26.7. The largest absolute Gasteiger partial charge is 0.309 e. The van der Waals surface area contributed by atoms with E-state index in [0.29, 0.717) is 17.6 Å². The molecule has 28 aromatic rings. The Labute approximate surface area is 781 Å². The van der Waals surface area contributed by atoms with Crippen LogP contribution in [0, 0.1) is 0 Å². The Morgan fingerprint density at radius 1 is 0.147 bits per heavy atom. The number of para-hydroxylation sites is 9. The number of aromatic nitrogens is 12. The van der Waals surface area contributed by atoms with Crippen LogP contribution in [0.3, 0.4) is 0 Å². The predicted octanol–water partition coefficient (Wildman–Crippen LogP) is 31.2. The van der Waals surface area contributed by atoms with Crippen LogP contribution in [0.2, 0.25) is 0 Å². The molecule has 0 N–H and O–H groups in total. The Hall–Kier alpha value is -18.5. The third-order valence-electron chi connectivity index (χ3n) is 26.7. The molecule has 12 heteroatoms. The highest BCUT2D eigenvalue weighted by molar-refractivity contribution is 6.21. The first-order chi connectivity index (χ1) is 67.5. The summed E-state index contributed by atoms with van der Waals surface area (Å²) in [5.74, 6) is 1.83. The lowest BCUT2D eigenvalue weighted by Gasteiger charge is -2.11. The molecule has 0 unspecified atom stereocenters. The molecule has 0 fully saturated rings. The van der Waals surface area contributed by atoms with Gasteiger partial charge in [0.1, 0.15) is 0 Å². The van der Waals surface area contributed by atoms with Crippen molar-refractivity contribution >= 4 is 142 Å². The maximum absolute atomic E-state index is 5.08. The summed E-state index contributed by atoms with van der Waals surface area (Å²) >= 11 is 0. The summed E-state index contributed by atoms with van der Waals surface area (Å²) in [7, 11) is 0. The van der Waals surface area contributed by atoms with Crippen LogP contribution < -0.4 is 0 Å². The number of benzene rings is 18. The van der Waals surface area contributed by atoms with Crippen LogP contribution in [-0.2, 0) is 0 Å². The minimum atomic E-state index is 0.572. The molecule has 10 heterocycles. The molecular formula is C124H80N12. The molecule has 0 atom stereocenters. The lowest BCUT2D eigenvalue weighted by atomic mass is 10.0. The molecule has 0 saturated heterocycles. The summed E-state index contributed by atoms with van der Waals surface area (Å²) in [4.78, 5) is 30.1. The van der Waals surface area contributed by atoms with Crippen molar-refractivity contribution in [1.82, 2.24) is 57.3 Å². The molecule has 0 radical (unpaired) electrons. The Morgan fingerprint density at radius 2 is 0.412 bits per heavy atom. The zero-order valence-corrected chi connectivity index (χ0v) is 73.6. The Morgan fingerprint density at radius 3 is 0.801 bits per heavy atom. The van der Waals surface area contributed by atoms with E-state index < -0.39 is 0 Å². The fourth-order valence-electron chi connectivity index (χ4n) is 20.7. The van der Waals surface area contributed by atoms with Crippen LogP contribution in [0.4, 0.5) is 0 Å². The molecule has 636 valence electrons. The summed E-state index contributed by atoms with van der Waals surface area (Å²) in [5, 5.41) is 16.7. The van der Waals surface area contributed by atoms with E-state index in [9.17, 15) is 0 Å². The summed E-state index contributed by atoms with van der Waals surface area (Å²) < 4.78 is 13.9. The SMILES string of the molecule is c1ccc(-c2ccc(-n3c4ccccc4c4cc(-c5nccc6c5c5ccccc5n6-c5ccccc5)ccc43)cc2)cc1.c1ccc(-c2nc(-c3ccccc3)nc(-n3c4ccccc4c4cc(-c5nccc6c5c5ccccc5n6-c5ccccc5)ccc43)n2)cc1.c1ccc(-n2c3ccccc3c3c(-c4ccc5c(c4)c4ccccc4n5-c4ccc5ccccc5c4)nccc32)cc1. The van der Waals surface area contributed by atoms with E-state index in [1.807, 2.05) is 79.3 Å². The van der Waals surface area contributed by atoms with Gasteiger partial charge in [-0.3, -0.25) is 19.5 Å². The fourth-order valence-corrected chi connectivity index (χ4v) is 20.7. The quantitative estimate of drug-likeness (QED) is 0.121. The lowest BCUT2D eigenvalue weighted by molar-refractivity contribution is 0.953. The van der Waals surface area contributed by atoms with Crippen molar-refractivity contribution in [1.29, 1.82) is 0 Å². The highest BCUT2D eigenvalue weighted by atomic mass is 15.2. The third kappa shape index (κ3) is 13.2. The minimum Gasteiger partial charge on any atom is -0.309 e. The van der Waals surface area contributed by atoms with Gasteiger partial charge in [0.25, 0.3) is 0 Å². The first-order valence-electron chi connectivity index (χ1n) is 46.0. The highest BCUT2D eigenvalue weighted by Crippen LogP contribution is 2.46.